The van der Waals surface area contributed by atoms with E-state index in [9.17, 15) is 5.11 Å². The van der Waals surface area contributed by atoms with Gasteiger partial charge in [0.05, 0.1) is 6.10 Å². The van der Waals surface area contributed by atoms with Gasteiger partial charge in [-0.2, -0.15) is 0 Å². The number of phenols is 1. The van der Waals surface area contributed by atoms with Gasteiger partial charge in [-0.1, -0.05) is 6.07 Å². The highest BCUT2D eigenvalue weighted by Crippen LogP contribution is 2.25. The predicted octanol–water partition coefficient (Wildman–Crippen LogP) is 1.25. The first-order valence-corrected chi connectivity index (χ1v) is 4.80. The highest BCUT2D eigenvalue weighted by molar-refractivity contribution is 5.85. The van der Waals surface area contributed by atoms with Gasteiger partial charge in [0.1, 0.15) is 5.75 Å². The third-order valence-electron chi connectivity index (χ3n) is 2.85. The van der Waals surface area contributed by atoms with E-state index in [0.29, 0.717) is 5.75 Å². The van der Waals surface area contributed by atoms with Crippen LogP contribution in [0.5, 0.6) is 5.75 Å². The summed E-state index contributed by atoms with van der Waals surface area (Å²) in [5.74, 6) is 0.312. The maximum Gasteiger partial charge on any atom is 0.115 e. The number of fused-ring (bicyclic) bond motifs is 1. The van der Waals surface area contributed by atoms with Crippen LogP contribution in [-0.4, -0.2) is 24.4 Å². The highest BCUT2D eigenvalue weighted by atomic mass is 35.5. The minimum absolute atomic E-state index is 0. The van der Waals surface area contributed by atoms with Gasteiger partial charge in [-0.3, -0.25) is 0 Å². The van der Waals surface area contributed by atoms with Gasteiger partial charge in [0.15, 0.2) is 0 Å². The van der Waals surface area contributed by atoms with Crippen molar-refractivity contribution >= 4 is 12.4 Å². The molecule has 0 bridgehead atoms. The number of rotatable bonds is 1. The topological polar surface area (TPSA) is 55.5 Å². The van der Waals surface area contributed by atoms with E-state index >= 15 is 0 Å². The molecule has 4 heteroatoms. The second-order valence-electron chi connectivity index (χ2n) is 3.80. The normalized spacial score (nSPS) is 24.1. The van der Waals surface area contributed by atoms with Crippen LogP contribution >= 0.6 is 12.4 Å². The number of ether oxygens (including phenoxy) is 1. The van der Waals surface area contributed by atoms with Gasteiger partial charge >= 0.3 is 0 Å². The van der Waals surface area contributed by atoms with E-state index in [1.165, 1.54) is 5.56 Å². The van der Waals surface area contributed by atoms with E-state index in [1.807, 2.05) is 6.07 Å². The molecule has 0 aromatic heterocycles. The number of phenolic OH excluding ortho intramolecular Hbond substituents is 1. The van der Waals surface area contributed by atoms with Crippen LogP contribution in [0.1, 0.15) is 11.1 Å². The molecule has 1 aliphatic rings. The summed E-state index contributed by atoms with van der Waals surface area (Å²) >= 11 is 0. The molecule has 0 amide bonds. The lowest BCUT2D eigenvalue weighted by molar-refractivity contribution is 0.0754. The van der Waals surface area contributed by atoms with E-state index in [0.717, 1.165) is 18.4 Å². The molecule has 2 atom stereocenters. The monoisotopic (exact) mass is 229 g/mol. The smallest absolute Gasteiger partial charge is 0.115 e. The minimum Gasteiger partial charge on any atom is -0.508 e. The first-order chi connectivity index (χ1) is 6.70. The number of methoxy groups -OCH3 is 1. The largest absolute Gasteiger partial charge is 0.508 e. The molecule has 3 N–H and O–H groups in total. The number of aromatic hydroxyl groups is 1. The third-order valence-corrected chi connectivity index (χ3v) is 2.85. The Morgan fingerprint density at radius 1 is 1.33 bits per heavy atom. The molecule has 0 fully saturated rings. The zero-order chi connectivity index (χ0) is 10.1. The van der Waals surface area contributed by atoms with E-state index in [1.54, 1.807) is 19.2 Å². The van der Waals surface area contributed by atoms with Crippen LogP contribution in [0.3, 0.4) is 0 Å². The lowest BCUT2D eigenvalue weighted by atomic mass is 9.86. The van der Waals surface area contributed by atoms with Crippen molar-refractivity contribution < 1.29 is 9.84 Å². The Morgan fingerprint density at radius 2 is 2.07 bits per heavy atom. The number of halogens is 1. The van der Waals surface area contributed by atoms with Gasteiger partial charge in [-0.15, -0.1) is 12.4 Å². The Bertz CT molecular complexity index is 343. The molecular formula is C11H16ClNO2. The molecule has 0 saturated carbocycles. The second kappa shape index (κ2) is 4.84. The summed E-state index contributed by atoms with van der Waals surface area (Å²) in [6.07, 6.45) is 1.72. The first kappa shape index (κ1) is 12.3. The van der Waals surface area contributed by atoms with Crippen molar-refractivity contribution in [2.45, 2.75) is 25.0 Å². The number of nitrogens with two attached hydrogens (primary N) is 1. The summed E-state index contributed by atoms with van der Waals surface area (Å²) in [6.45, 7) is 0. The van der Waals surface area contributed by atoms with Crippen molar-refractivity contribution in [3.63, 3.8) is 0 Å². The van der Waals surface area contributed by atoms with Gasteiger partial charge in [0.2, 0.25) is 0 Å². The van der Waals surface area contributed by atoms with Gasteiger partial charge < -0.3 is 15.6 Å². The van der Waals surface area contributed by atoms with Crippen molar-refractivity contribution in [1.82, 2.24) is 0 Å². The van der Waals surface area contributed by atoms with E-state index in [2.05, 4.69) is 0 Å². The fourth-order valence-corrected chi connectivity index (χ4v) is 2.01. The molecule has 0 radical (unpaired) electrons. The van der Waals surface area contributed by atoms with Crippen LogP contribution < -0.4 is 5.73 Å². The van der Waals surface area contributed by atoms with E-state index in [4.69, 9.17) is 10.5 Å². The van der Waals surface area contributed by atoms with Crippen molar-refractivity contribution in [3.05, 3.63) is 29.3 Å². The van der Waals surface area contributed by atoms with Crippen molar-refractivity contribution in [2.75, 3.05) is 7.11 Å². The van der Waals surface area contributed by atoms with Crippen molar-refractivity contribution in [3.8, 4) is 5.75 Å². The molecule has 2 rings (SSSR count). The Hall–Kier alpha value is -0.770. The molecule has 15 heavy (non-hydrogen) atoms. The van der Waals surface area contributed by atoms with Crippen LogP contribution in [0.15, 0.2) is 18.2 Å². The number of benzene rings is 1. The molecule has 0 unspecified atom stereocenters. The highest BCUT2D eigenvalue weighted by Gasteiger charge is 2.25. The molecule has 0 saturated heterocycles. The fraction of sp³-hybridized carbons (Fsp3) is 0.455. The minimum atomic E-state index is 0. The van der Waals surface area contributed by atoms with E-state index < -0.39 is 0 Å². The molecule has 1 aromatic rings. The number of hydrogen-bond acceptors (Lipinski definition) is 3. The molecule has 0 heterocycles. The summed E-state index contributed by atoms with van der Waals surface area (Å²) < 4.78 is 5.30. The Morgan fingerprint density at radius 3 is 2.73 bits per heavy atom. The molecular weight excluding hydrogens is 214 g/mol. The Balaban J connectivity index is 0.00000112. The summed E-state index contributed by atoms with van der Waals surface area (Å²) in [4.78, 5) is 0. The van der Waals surface area contributed by atoms with Crippen LogP contribution in [0, 0.1) is 0 Å². The Kier molecular flexibility index (Phi) is 3.97. The van der Waals surface area contributed by atoms with Gasteiger partial charge in [0, 0.05) is 19.6 Å². The van der Waals surface area contributed by atoms with Crippen LogP contribution in [0.25, 0.3) is 0 Å². The predicted molar refractivity (Wildman–Crippen MR) is 61.5 cm³/mol. The maximum atomic E-state index is 9.33. The quantitative estimate of drug-likeness (QED) is 0.762. The lowest BCUT2D eigenvalue weighted by Crippen LogP contribution is -2.42. The lowest BCUT2D eigenvalue weighted by Gasteiger charge is -2.29. The van der Waals surface area contributed by atoms with Gasteiger partial charge in [-0.05, 0) is 29.7 Å². The van der Waals surface area contributed by atoms with Crippen LogP contribution in [0.2, 0.25) is 0 Å². The van der Waals surface area contributed by atoms with E-state index in [-0.39, 0.29) is 24.6 Å². The molecule has 3 nitrogen and oxygen atoms in total. The molecule has 84 valence electrons. The standard InChI is InChI=1S/C11H15NO2.ClH/c1-14-11-6-7-2-3-9(13)4-8(7)5-10(11)12;/h2-4,10-11,13H,5-6,12H2,1H3;1H/t10-,11-;/m1./s1. The SMILES string of the molecule is CO[C@@H]1Cc2ccc(O)cc2C[C@H]1N.Cl. The third kappa shape index (κ3) is 2.43. The molecule has 0 aliphatic heterocycles. The fourth-order valence-electron chi connectivity index (χ4n) is 2.01. The van der Waals surface area contributed by atoms with Gasteiger partial charge in [-0.25, -0.2) is 0 Å². The van der Waals surface area contributed by atoms with Crippen molar-refractivity contribution in [1.29, 1.82) is 0 Å². The first-order valence-electron chi connectivity index (χ1n) is 4.80. The summed E-state index contributed by atoms with van der Waals surface area (Å²) in [5.41, 5.74) is 8.32. The summed E-state index contributed by atoms with van der Waals surface area (Å²) in [6, 6.07) is 5.49. The zero-order valence-electron chi connectivity index (χ0n) is 8.64. The zero-order valence-corrected chi connectivity index (χ0v) is 9.46. The molecule has 1 aromatic carbocycles. The number of hydrogen-bond donors (Lipinski definition) is 2. The maximum absolute atomic E-state index is 9.33. The van der Waals surface area contributed by atoms with Gasteiger partial charge in [0.25, 0.3) is 0 Å². The van der Waals surface area contributed by atoms with Crippen LogP contribution in [0.4, 0.5) is 0 Å². The van der Waals surface area contributed by atoms with Crippen molar-refractivity contribution in [2.24, 2.45) is 5.73 Å². The average Bonchev–Trinajstić information content (AvgIpc) is 2.16. The average molecular weight is 230 g/mol. The summed E-state index contributed by atoms with van der Waals surface area (Å²) in [7, 11) is 1.69. The summed E-state index contributed by atoms with van der Waals surface area (Å²) in [5, 5.41) is 9.33. The molecule has 1 aliphatic carbocycles. The van der Waals surface area contributed by atoms with Crippen LogP contribution in [-0.2, 0) is 17.6 Å². The molecule has 0 spiro atoms. The second-order valence-corrected chi connectivity index (χ2v) is 3.80. The Labute approximate surface area is 95.7 Å².